The second kappa shape index (κ2) is 3.52. The average Bonchev–Trinajstić information content (AvgIpc) is 2.38. The fourth-order valence-electron chi connectivity index (χ4n) is 1.21. The number of carbonyl (C=O) groups is 1. The molecule has 2 nitrogen and oxygen atoms in total. The maximum absolute atomic E-state index is 11.1. The second-order valence-corrected chi connectivity index (χ2v) is 2.55. The number of ketones is 1. The first-order valence-electron chi connectivity index (χ1n) is 3.74. The molecule has 1 saturated heterocycles. The van der Waals surface area contributed by atoms with Crippen molar-refractivity contribution in [3.8, 4) is 0 Å². The Morgan fingerprint density at radius 1 is 1.70 bits per heavy atom. The van der Waals surface area contributed by atoms with Crippen LogP contribution in [0.25, 0.3) is 0 Å². The van der Waals surface area contributed by atoms with E-state index in [9.17, 15) is 4.79 Å². The van der Waals surface area contributed by atoms with E-state index in [1.165, 1.54) is 0 Å². The molecule has 0 aromatic heterocycles. The van der Waals surface area contributed by atoms with Crippen molar-refractivity contribution in [1.29, 1.82) is 0 Å². The number of hydrogen-bond acceptors (Lipinski definition) is 2. The van der Waals surface area contributed by atoms with Crippen molar-refractivity contribution in [1.82, 2.24) is 5.32 Å². The fourth-order valence-corrected chi connectivity index (χ4v) is 1.21. The van der Waals surface area contributed by atoms with Crippen LogP contribution in [0.3, 0.4) is 0 Å². The Bertz CT molecular complexity index is 145. The quantitative estimate of drug-likeness (QED) is 0.575. The Balaban J connectivity index is 2.40. The lowest BCUT2D eigenvalue weighted by molar-refractivity contribution is -0.116. The number of carbonyl (C=O) groups excluding carboxylic acids is 1. The largest absolute Gasteiger partial charge is 0.307 e. The first kappa shape index (κ1) is 7.48. The van der Waals surface area contributed by atoms with E-state index in [1.807, 2.05) is 6.92 Å². The van der Waals surface area contributed by atoms with E-state index in [4.69, 9.17) is 0 Å². The first-order chi connectivity index (χ1) is 4.84. The van der Waals surface area contributed by atoms with Crippen LogP contribution in [-0.4, -0.2) is 18.4 Å². The maximum Gasteiger partial charge on any atom is 0.172 e. The highest BCUT2D eigenvalue weighted by Gasteiger charge is 2.18. The van der Waals surface area contributed by atoms with Crippen LogP contribution in [0, 0.1) is 0 Å². The molecule has 0 aromatic carbocycles. The molecule has 1 heterocycles. The summed E-state index contributed by atoms with van der Waals surface area (Å²) >= 11 is 0. The van der Waals surface area contributed by atoms with Crippen molar-refractivity contribution in [2.24, 2.45) is 0 Å². The maximum atomic E-state index is 11.1. The zero-order valence-corrected chi connectivity index (χ0v) is 6.26. The predicted molar refractivity (Wildman–Crippen MR) is 40.8 cm³/mol. The molecule has 0 unspecified atom stereocenters. The highest BCUT2D eigenvalue weighted by atomic mass is 16.1. The predicted octanol–water partition coefficient (Wildman–Crippen LogP) is 0.884. The molecule has 0 spiro atoms. The number of nitrogens with one attached hydrogen (secondary N) is 1. The van der Waals surface area contributed by atoms with Crippen LogP contribution in [0.15, 0.2) is 12.2 Å². The van der Waals surface area contributed by atoms with Gasteiger partial charge in [-0.15, -0.1) is 0 Å². The Labute approximate surface area is 61.3 Å². The topological polar surface area (TPSA) is 29.1 Å². The number of hydrogen-bond donors (Lipinski definition) is 1. The zero-order valence-electron chi connectivity index (χ0n) is 6.26. The molecule has 1 fully saturated rings. The normalized spacial score (nSPS) is 25.9. The van der Waals surface area contributed by atoms with Gasteiger partial charge < -0.3 is 5.32 Å². The molecule has 10 heavy (non-hydrogen) atoms. The molecule has 0 amide bonds. The third-order valence-electron chi connectivity index (χ3n) is 1.73. The number of rotatable bonds is 2. The monoisotopic (exact) mass is 139 g/mol. The molecule has 0 aliphatic carbocycles. The lowest BCUT2D eigenvalue weighted by atomic mass is 10.1. The van der Waals surface area contributed by atoms with Crippen molar-refractivity contribution < 1.29 is 4.79 Å². The molecule has 56 valence electrons. The van der Waals surface area contributed by atoms with Gasteiger partial charge in [-0.05, 0) is 32.4 Å². The van der Waals surface area contributed by atoms with Crippen LogP contribution >= 0.6 is 0 Å². The van der Waals surface area contributed by atoms with E-state index in [2.05, 4.69) is 5.32 Å². The highest BCUT2D eigenvalue weighted by Crippen LogP contribution is 2.05. The summed E-state index contributed by atoms with van der Waals surface area (Å²) in [4.78, 5) is 11.1. The van der Waals surface area contributed by atoms with Gasteiger partial charge in [-0.3, -0.25) is 4.79 Å². The lowest BCUT2D eigenvalue weighted by Gasteiger charge is -2.02. The van der Waals surface area contributed by atoms with Gasteiger partial charge in [-0.1, -0.05) is 6.08 Å². The standard InChI is InChI=1S/C8H13NO/c1-2-4-8(10)7-5-3-6-9-7/h2,4,7,9H,3,5-6H2,1H3/t7-/m0/s1. The minimum Gasteiger partial charge on any atom is -0.307 e. The average molecular weight is 139 g/mol. The van der Waals surface area contributed by atoms with Gasteiger partial charge in [-0.2, -0.15) is 0 Å². The Hall–Kier alpha value is -0.630. The fraction of sp³-hybridized carbons (Fsp3) is 0.625. The van der Waals surface area contributed by atoms with Gasteiger partial charge in [0.2, 0.25) is 0 Å². The van der Waals surface area contributed by atoms with E-state index in [0.29, 0.717) is 0 Å². The Kier molecular flexibility index (Phi) is 2.63. The van der Waals surface area contributed by atoms with Gasteiger partial charge in [0.15, 0.2) is 5.78 Å². The van der Waals surface area contributed by atoms with Crippen LogP contribution in [0.2, 0.25) is 0 Å². The van der Waals surface area contributed by atoms with E-state index < -0.39 is 0 Å². The SMILES string of the molecule is CC=CC(=O)[C@@H]1CCCN1. The van der Waals surface area contributed by atoms with Crippen LogP contribution in [-0.2, 0) is 4.79 Å². The minimum atomic E-state index is 0.108. The minimum absolute atomic E-state index is 0.108. The van der Waals surface area contributed by atoms with Crippen LogP contribution < -0.4 is 5.32 Å². The Morgan fingerprint density at radius 2 is 2.50 bits per heavy atom. The van der Waals surface area contributed by atoms with Crippen molar-refractivity contribution in [3.63, 3.8) is 0 Å². The number of allylic oxidation sites excluding steroid dienone is 1. The van der Waals surface area contributed by atoms with Gasteiger partial charge in [0.05, 0.1) is 6.04 Å². The van der Waals surface area contributed by atoms with Crippen LogP contribution in [0.1, 0.15) is 19.8 Å². The summed E-state index contributed by atoms with van der Waals surface area (Å²) in [5.41, 5.74) is 0. The summed E-state index contributed by atoms with van der Waals surface area (Å²) in [5, 5.41) is 3.14. The van der Waals surface area contributed by atoms with Crippen molar-refractivity contribution in [2.45, 2.75) is 25.8 Å². The van der Waals surface area contributed by atoms with E-state index in [0.717, 1.165) is 19.4 Å². The zero-order chi connectivity index (χ0) is 7.40. The molecule has 2 heteroatoms. The van der Waals surface area contributed by atoms with E-state index >= 15 is 0 Å². The van der Waals surface area contributed by atoms with Crippen molar-refractivity contribution in [3.05, 3.63) is 12.2 Å². The molecule has 0 bridgehead atoms. The molecule has 0 saturated carbocycles. The molecule has 1 aliphatic rings. The molecular weight excluding hydrogens is 126 g/mol. The van der Waals surface area contributed by atoms with Crippen molar-refractivity contribution >= 4 is 5.78 Å². The van der Waals surface area contributed by atoms with Crippen LogP contribution in [0.4, 0.5) is 0 Å². The van der Waals surface area contributed by atoms with Gasteiger partial charge >= 0.3 is 0 Å². The summed E-state index contributed by atoms with van der Waals surface area (Å²) in [7, 11) is 0. The van der Waals surface area contributed by atoms with Crippen LogP contribution in [0.5, 0.6) is 0 Å². The Morgan fingerprint density at radius 3 is 3.00 bits per heavy atom. The molecular formula is C8H13NO. The van der Waals surface area contributed by atoms with Gasteiger partial charge in [0.1, 0.15) is 0 Å². The molecule has 0 aromatic rings. The molecule has 1 rings (SSSR count). The molecule has 1 atom stereocenters. The molecule has 0 radical (unpaired) electrons. The smallest absolute Gasteiger partial charge is 0.172 e. The lowest BCUT2D eigenvalue weighted by Crippen LogP contribution is -2.29. The summed E-state index contributed by atoms with van der Waals surface area (Å²) in [6, 6.07) is 0.108. The van der Waals surface area contributed by atoms with Gasteiger partial charge in [0.25, 0.3) is 0 Å². The summed E-state index contributed by atoms with van der Waals surface area (Å²) < 4.78 is 0. The summed E-state index contributed by atoms with van der Waals surface area (Å²) in [5.74, 6) is 0.222. The summed E-state index contributed by atoms with van der Waals surface area (Å²) in [6.45, 7) is 2.86. The third-order valence-corrected chi connectivity index (χ3v) is 1.73. The third kappa shape index (κ3) is 1.67. The highest BCUT2D eigenvalue weighted by molar-refractivity contribution is 5.94. The van der Waals surface area contributed by atoms with E-state index in [-0.39, 0.29) is 11.8 Å². The van der Waals surface area contributed by atoms with Gasteiger partial charge in [0, 0.05) is 0 Å². The first-order valence-corrected chi connectivity index (χ1v) is 3.74. The second-order valence-electron chi connectivity index (χ2n) is 2.55. The molecule has 1 aliphatic heterocycles. The van der Waals surface area contributed by atoms with E-state index in [1.54, 1.807) is 12.2 Å². The van der Waals surface area contributed by atoms with Gasteiger partial charge in [-0.25, -0.2) is 0 Å². The summed E-state index contributed by atoms with van der Waals surface area (Å²) in [6.07, 6.45) is 5.57. The molecule has 1 N–H and O–H groups in total. The van der Waals surface area contributed by atoms with Crippen molar-refractivity contribution in [2.75, 3.05) is 6.54 Å².